The molecule has 0 spiro atoms. The zero-order valence-corrected chi connectivity index (χ0v) is 17.4. The summed E-state index contributed by atoms with van der Waals surface area (Å²) in [5.74, 6) is 1.06. The number of hydrogen-bond acceptors (Lipinski definition) is 5. The zero-order valence-electron chi connectivity index (χ0n) is 16.6. The normalized spacial score (nSPS) is 11.9. The first kappa shape index (κ1) is 20.9. The number of thioether (sulfide) groups is 1. The van der Waals surface area contributed by atoms with Gasteiger partial charge in [0.15, 0.2) is 17.1 Å². The fourth-order valence-corrected chi connectivity index (χ4v) is 3.44. The fourth-order valence-electron chi connectivity index (χ4n) is 2.73. The molecule has 8 heteroatoms. The Kier molecular flexibility index (Phi) is 6.87. The van der Waals surface area contributed by atoms with Crippen molar-refractivity contribution in [1.29, 1.82) is 0 Å². The average Bonchev–Trinajstić information content (AvgIpc) is 3.09. The minimum Gasteiger partial charge on any atom is -0.483 e. The number of anilines is 1. The first-order chi connectivity index (χ1) is 14.0. The van der Waals surface area contributed by atoms with Crippen LogP contribution >= 0.6 is 11.8 Å². The van der Waals surface area contributed by atoms with Crippen LogP contribution in [0.25, 0.3) is 0 Å². The second kappa shape index (κ2) is 9.56. The highest BCUT2D eigenvalue weighted by atomic mass is 32.2. The summed E-state index contributed by atoms with van der Waals surface area (Å²) in [6.07, 6.45) is 0.691. The van der Waals surface area contributed by atoms with Crippen LogP contribution in [0, 0.1) is 5.82 Å². The Morgan fingerprint density at radius 2 is 1.86 bits per heavy atom. The maximum atomic E-state index is 12.9. The van der Waals surface area contributed by atoms with Gasteiger partial charge >= 0.3 is 0 Å². The quantitative estimate of drug-likeness (QED) is 0.554. The van der Waals surface area contributed by atoms with Crippen molar-refractivity contribution in [2.75, 3.05) is 11.1 Å². The van der Waals surface area contributed by atoms with E-state index in [1.165, 1.54) is 41.6 Å². The molecule has 1 heterocycles. The molecule has 0 aliphatic rings. The van der Waals surface area contributed by atoms with E-state index in [-0.39, 0.29) is 23.6 Å². The lowest BCUT2D eigenvalue weighted by atomic mass is 10.2. The molecule has 1 aromatic heterocycles. The highest BCUT2D eigenvalue weighted by Crippen LogP contribution is 2.24. The number of amides is 1. The second-order valence-corrected chi connectivity index (χ2v) is 7.44. The van der Waals surface area contributed by atoms with Crippen LogP contribution in [0.4, 0.5) is 10.1 Å². The molecule has 0 fully saturated rings. The van der Waals surface area contributed by atoms with E-state index in [4.69, 9.17) is 4.74 Å². The van der Waals surface area contributed by atoms with Crippen molar-refractivity contribution in [2.24, 2.45) is 7.05 Å². The minimum atomic E-state index is -0.346. The number of aromatic nitrogens is 3. The number of carbonyl (C=O) groups excluding carboxylic acids is 1. The van der Waals surface area contributed by atoms with Gasteiger partial charge < -0.3 is 14.6 Å². The molecule has 0 radical (unpaired) electrons. The summed E-state index contributed by atoms with van der Waals surface area (Å²) >= 11 is 1.27. The van der Waals surface area contributed by atoms with Gasteiger partial charge in [-0.05, 0) is 55.3 Å². The van der Waals surface area contributed by atoms with Crippen LogP contribution in [0.1, 0.15) is 31.3 Å². The number of nitrogens with one attached hydrogen (secondary N) is 1. The van der Waals surface area contributed by atoms with Crippen LogP contribution in [-0.2, 0) is 18.3 Å². The van der Waals surface area contributed by atoms with Gasteiger partial charge in [0.25, 0.3) is 0 Å². The van der Waals surface area contributed by atoms with Gasteiger partial charge in [0.2, 0.25) is 5.91 Å². The highest BCUT2D eigenvalue weighted by molar-refractivity contribution is 7.99. The molecule has 0 bridgehead atoms. The number of rotatable bonds is 8. The highest BCUT2D eigenvalue weighted by Gasteiger charge is 2.18. The Morgan fingerprint density at radius 1 is 1.17 bits per heavy atom. The lowest BCUT2D eigenvalue weighted by molar-refractivity contribution is -0.113. The Bertz CT molecular complexity index is 958. The first-order valence-corrected chi connectivity index (χ1v) is 10.3. The van der Waals surface area contributed by atoms with E-state index in [1.54, 1.807) is 0 Å². The minimum absolute atomic E-state index is 0.164. The summed E-state index contributed by atoms with van der Waals surface area (Å²) in [7, 11) is 1.84. The summed E-state index contributed by atoms with van der Waals surface area (Å²) in [5, 5.41) is 11.7. The van der Waals surface area contributed by atoms with E-state index >= 15 is 0 Å². The van der Waals surface area contributed by atoms with Gasteiger partial charge in [-0.1, -0.05) is 30.8 Å². The number of aryl methyl sites for hydroxylation is 1. The van der Waals surface area contributed by atoms with Gasteiger partial charge in [-0.25, -0.2) is 4.39 Å². The molecule has 1 unspecified atom stereocenters. The SMILES string of the molecule is CCc1ccc(OC(C)c2nnc(SCC(=O)Nc3ccc(F)cc3)n2C)cc1. The molecule has 3 aromatic rings. The Labute approximate surface area is 173 Å². The van der Waals surface area contributed by atoms with E-state index in [0.29, 0.717) is 16.7 Å². The monoisotopic (exact) mass is 414 g/mol. The van der Waals surface area contributed by atoms with E-state index < -0.39 is 0 Å². The van der Waals surface area contributed by atoms with Crippen molar-refractivity contribution in [3.8, 4) is 5.75 Å². The van der Waals surface area contributed by atoms with Crippen molar-refractivity contribution >= 4 is 23.4 Å². The van der Waals surface area contributed by atoms with Gasteiger partial charge in [0.1, 0.15) is 11.6 Å². The molecular weight excluding hydrogens is 391 g/mol. The van der Waals surface area contributed by atoms with Gasteiger partial charge in [-0.15, -0.1) is 10.2 Å². The lowest BCUT2D eigenvalue weighted by Crippen LogP contribution is -2.14. The number of carbonyl (C=O) groups is 1. The van der Waals surface area contributed by atoms with Crippen LogP contribution in [0.2, 0.25) is 0 Å². The molecule has 1 amide bonds. The summed E-state index contributed by atoms with van der Waals surface area (Å²) in [5.41, 5.74) is 1.80. The number of hydrogen-bond donors (Lipinski definition) is 1. The predicted octanol–water partition coefficient (Wildman–Crippen LogP) is 4.39. The van der Waals surface area contributed by atoms with Gasteiger partial charge in [-0.2, -0.15) is 0 Å². The van der Waals surface area contributed by atoms with Crippen molar-refractivity contribution in [3.05, 3.63) is 65.7 Å². The number of benzene rings is 2. The summed E-state index contributed by atoms with van der Waals surface area (Å²) < 4.78 is 20.7. The lowest BCUT2D eigenvalue weighted by Gasteiger charge is -2.14. The number of nitrogens with zero attached hydrogens (tertiary/aromatic N) is 3. The van der Waals surface area contributed by atoms with E-state index in [2.05, 4.69) is 22.4 Å². The number of halogens is 1. The smallest absolute Gasteiger partial charge is 0.234 e. The fraction of sp³-hybridized carbons (Fsp3) is 0.286. The Hall–Kier alpha value is -2.87. The third-order valence-electron chi connectivity index (χ3n) is 4.34. The standard InChI is InChI=1S/C21H23FN4O2S/c1-4-15-5-11-18(12-6-15)28-14(2)20-24-25-21(26(20)3)29-13-19(27)23-17-9-7-16(22)8-10-17/h5-12,14H,4,13H2,1-3H3,(H,23,27). The third-order valence-corrected chi connectivity index (χ3v) is 5.36. The van der Waals surface area contributed by atoms with Gasteiger partial charge in [0.05, 0.1) is 5.75 Å². The second-order valence-electron chi connectivity index (χ2n) is 6.50. The van der Waals surface area contributed by atoms with E-state index in [9.17, 15) is 9.18 Å². The summed E-state index contributed by atoms with van der Waals surface area (Å²) in [6, 6.07) is 13.6. The van der Waals surface area contributed by atoms with Crippen LogP contribution in [0.5, 0.6) is 5.75 Å². The molecular formula is C21H23FN4O2S. The molecule has 0 saturated carbocycles. The molecule has 2 aromatic carbocycles. The maximum absolute atomic E-state index is 12.9. The molecule has 29 heavy (non-hydrogen) atoms. The van der Waals surface area contributed by atoms with E-state index in [1.807, 2.05) is 42.8 Å². The number of ether oxygens (including phenoxy) is 1. The first-order valence-electron chi connectivity index (χ1n) is 9.29. The third kappa shape index (κ3) is 5.57. The zero-order chi connectivity index (χ0) is 20.8. The molecule has 0 aliphatic carbocycles. The van der Waals surface area contributed by atoms with Crippen molar-refractivity contribution in [3.63, 3.8) is 0 Å². The topological polar surface area (TPSA) is 69.0 Å². The molecule has 3 rings (SSSR count). The largest absolute Gasteiger partial charge is 0.483 e. The Morgan fingerprint density at radius 3 is 2.52 bits per heavy atom. The Balaban J connectivity index is 1.56. The van der Waals surface area contributed by atoms with Crippen molar-refractivity contribution < 1.29 is 13.9 Å². The van der Waals surface area contributed by atoms with Crippen molar-refractivity contribution in [2.45, 2.75) is 31.5 Å². The van der Waals surface area contributed by atoms with Gasteiger partial charge in [-0.3, -0.25) is 4.79 Å². The summed E-state index contributed by atoms with van der Waals surface area (Å²) in [6.45, 7) is 4.02. The molecule has 6 nitrogen and oxygen atoms in total. The molecule has 0 saturated heterocycles. The van der Waals surface area contributed by atoms with Gasteiger partial charge in [0, 0.05) is 12.7 Å². The maximum Gasteiger partial charge on any atom is 0.234 e. The molecule has 152 valence electrons. The average molecular weight is 415 g/mol. The summed E-state index contributed by atoms with van der Waals surface area (Å²) in [4.78, 5) is 12.1. The van der Waals surface area contributed by atoms with Crippen LogP contribution in [-0.4, -0.2) is 26.4 Å². The van der Waals surface area contributed by atoms with Crippen molar-refractivity contribution in [1.82, 2.24) is 14.8 Å². The van der Waals surface area contributed by atoms with Crippen LogP contribution in [0.3, 0.4) is 0 Å². The van der Waals surface area contributed by atoms with Crippen LogP contribution < -0.4 is 10.1 Å². The van der Waals surface area contributed by atoms with Crippen LogP contribution in [0.15, 0.2) is 53.7 Å². The molecule has 1 N–H and O–H groups in total. The predicted molar refractivity (Wildman–Crippen MR) is 112 cm³/mol. The molecule has 0 aliphatic heterocycles. The molecule has 1 atom stereocenters. The van der Waals surface area contributed by atoms with E-state index in [0.717, 1.165) is 12.2 Å².